The summed E-state index contributed by atoms with van der Waals surface area (Å²) in [5.41, 5.74) is 5.95. The highest BCUT2D eigenvalue weighted by Gasteiger charge is 2.28. The van der Waals surface area contributed by atoms with Gasteiger partial charge in [-0.1, -0.05) is 31.4 Å². The van der Waals surface area contributed by atoms with Gasteiger partial charge in [-0.2, -0.15) is 0 Å². The molecule has 0 radical (unpaired) electrons. The molecule has 2 rings (SSSR count). The smallest absolute Gasteiger partial charge is 0.119 e. The number of likely N-dealkylation sites (N-methyl/N-ethyl adjacent to an activating group) is 1. The van der Waals surface area contributed by atoms with Crippen LogP contribution in [0.1, 0.15) is 32.6 Å². The lowest BCUT2D eigenvalue weighted by molar-refractivity contribution is 0.0958. The SMILES string of the molecule is CCN(CCOc1ccc(Cl)cc1)C1CCCCC1CN. The molecule has 3 nitrogen and oxygen atoms in total. The first-order valence-corrected chi connectivity index (χ1v) is 8.45. The fourth-order valence-corrected chi connectivity index (χ4v) is 3.44. The van der Waals surface area contributed by atoms with Gasteiger partial charge in [-0.25, -0.2) is 0 Å². The lowest BCUT2D eigenvalue weighted by Crippen LogP contribution is -2.46. The van der Waals surface area contributed by atoms with E-state index in [1.165, 1.54) is 25.7 Å². The Bertz CT molecular complexity index is 410. The first-order valence-electron chi connectivity index (χ1n) is 8.07. The summed E-state index contributed by atoms with van der Waals surface area (Å²) in [4.78, 5) is 2.53. The van der Waals surface area contributed by atoms with E-state index in [0.29, 0.717) is 18.6 Å². The zero-order chi connectivity index (χ0) is 15.1. The van der Waals surface area contributed by atoms with Crippen molar-refractivity contribution in [1.82, 2.24) is 4.90 Å². The number of hydrogen-bond acceptors (Lipinski definition) is 3. The van der Waals surface area contributed by atoms with E-state index >= 15 is 0 Å². The van der Waals surface area contributed by atoms with E-state index in [9.17, 15) is 0 Å². The Balaban J connectivity index is 1.82. The van der Waals surface area contributed by atoms with Crippen LogP contribution in [0.15, 0.2) is 24.3 Å². The van der Waals surface area contributed by atoms with Crippen molar-refractivity contribution in [1.29, 1.82) is 0 Å². The van der Waals surface area contributed by atoms with Gasteiger partial charge >= 0.3 is 0 Å². The third-order valence-electron chi connectivity index (χ3n) is 4.51. The van der Waals surface area contributed by atoms with Crippen molar-refractivity contribution in [2.24, 2.45) is 11.7 Å². The molecule has 0 heterocycles. The van der Waals surface area contributed by atoms with Crippen molar-refractivity contribution in [3.8, 4) is 5.75 Å². The number of hydrogen-bond donors (Lipinski definition) is 1. The zero-order valence-corrected chi connectivity index (χ0v) is 13.7. The Labute approximate surface area is 133 Å². The van der Waals surface area contributed by atoms with Crippen LogP contribution < -0.4 is 10.5 Å². The zero-order valence-electron chi connectivity index (χ0n) is 12.9. The maximum absolute atomic E-state index is 5.95. The summed E-state index contributed by atoms with van der Waals surface area (Å²) >= 11 is 5.88. The molecule has 1 fully saturated rings. The molecule has 0 amide bonds. The molecule has 0 aliphatic heterocycles. The molecule has 1 saturated carbocycles. The minimum absolute atomic E-state index is 0.627. The van der Waals surface area contributed by atoms with Crippen molar-refractivity contribution < 1.29 is 4.74 Å². The van der Waals surface area contributed by atoms with E-state index in [4.69, 9.17) is 22.1 Å². The Morgan fingerprint density at radius 2 is 1.95 bits per heavy atom. The van der Waals surface area contributed by atoms with Crippen molar-refractivity contribution in [2.45, 2.75) is 38.6 Å². The second-order valence-electron chi connectivity index (χ2n) is 5.78. The van der Waals surface area contributed by atoms with Gasteiger partial charge in [0.05, 0.1) is 0 Å². The predicted octanol–water partition coefficient (Wildman–Crippen LogP) is 3.56. The van der Waals surface area contributed by atoms with Crippen LogP contribution in [0.2, 0.25) is 5.02 Å². The van der Waals surface area contributed by atoms with Crippen LogP contribution in [0.4, 0.5) is 0 Å². The number of rotatable bonds is 7. The van der Waals surface area contributed by atoms with Gasteiger partial charge in [0.2, 0.25) is 0 Å². The van der Waals surface area contributed by atoms with Crippen LogP contribution >= 0.6 is 11.6 Å². The Hall–Kier alpha value is -0.770. The van der Waals surface area contributed by atoms with Crippen molar-refractivity contribution in [3.63, 3.8) is 0 Å². The molecule has 118 valence electrons. The normalized spacial score (nSPS) is 22.5. The van der Waals surface area contributed by atoms with Gasteiger partial charge in [0, 0.05) is 17.6 Å². The maximum Gasteiger partial charge on any atom is 0.119 e. The van der Waals surface area contributed by atoms with E-state index in [0.717, 1.165) is 30.4 Å². The third-order valence-corrected chi connectivity index (χ3v) is 4.76. The maximum atomic E-state index is 5.95. The molecule has 0 saturated heterocycles. The van der Waals surface area contributed by atoms with Gasteiger partial charge in [-0.05, 0) is 56.1 Å². The highest BCUT2D eigenvalue weighted by molar-refractivity contribution is 6.30. The van der Waals surface area contributed by atoms with E-state index in [1.807, 2.05) is 24.3 Å². The topological polar surface area (TPSA) is 38.5 Å². The molecule has 1 aromatic carbocycles. The largest absolute Gasteiger partial charge is 0.492 e. The highest BCUT2D eigenvalue weighted by atomic mass is 35.5. The second-order valence-corrected chi connectivity index (χ2v) is 6.21. The molecular formula is C17H27ClN2O. The van der Waals surface area contributed by atoms with Crippen molar-refractivity contribution in [2.75, 3.05) is 26.2 Å². The molecular weight excluding hydrogens is 284 g/mol. The highest BCUT2D eigenvalue weighted by Crippen LogP contribution is 2.27. The molecule has 2 atom stereocenters. The lowest BCUT2D eigenvalue weighted by atomic mass is 9.83. The first-order chi connectivity index (χ1) is 10.2. The van der Waals surface area contributed by atoms with E-state index in [2.05, 4.69) is 11.8 Å². The summed E-state index contributed by atoms with van der Waals surface area (Å²) in [6.45, 7) is 5.76. The minimum Gasteiger partial charge on any atom is -0.492 e. The van der Waals surface area contributed by atoms with Gasteiger partial charge < -0.3 is 10.5 Å². The molecule has 1 aliphatic carbocycles. The van der Waals surface area contributed by atoms with Gasteiger partial charge in [-0.3, -0.25) is 4.90 Å². The van der Waals surface area contributed by atoms with Crippen LogP contribution in [-0.2, 0) is 0 Å². The van der Waals surface area contributed by atoms with Gasteiger partial charge in [-0.15, -0.1) is 0 Å². The molecule has 2 unspecified atom stereocenters. The number of nitrogens with two attached hydrogens (primary N) is 1. The summed E-state index contributed by atoms with van der Waals surface area (Å²) < 4.78 is 5.82. The summed E-state index contributed by atoms with van der Waals surface area (Å²) in [6.07, 6.45) is 5.21. The number of nitrogens with zero attached hydrogens (tertiary/aromatic N) is 1. The lowest BCUT2D eigenvalue weighted by Gasteiger charge is -2.39. The molecule has 21 heavy (non-hydrogen) atoms. The second kappa shape index (κ2) is 8.62. The fourth-order valence-electron chi connectivity index (χ4n) is 3.31. The molecule has 1 aliphatic rings. The molecule has 1 aromatic rings. The molecule has 4 heteroatoms. The summed E-state index contributed by atoms with van der Waals surface area (Å²) in [5.74, 6) is 1.53. The van der Waals surface area contributed by atoms with Crippen LogP contribution in [0.3, 0.4) is 0 Å². The van der Waals surface area contributed by atoms with Crippen molar-refractivity contribution >= 4 is 11.6 Å². The molecule has 0 spiro atoms. The van der Waals surface area contributed by atoms with Crippen LogP contribution in [0, 0.1) is 5.92 Å². The standard InChI is InChI=1S/C17H27ClN2O/c1-2-20(17-6-4-3-5-14(17)13-19)11-12-21-16-9-7-15(18)8-10-16/h7-10,14,17H,2-6,11-13,19H2,1H3. The van der Waals surface area contributed by atoms with Crippen molar-refractivity contribution in [3.05, 3.63) is 29.3 Å². The Morgan fingerprint density at radius 3 is 2.62 bits per heavy atom. The molecule has 0 aromatic heterocycles. The fraction of sp³-hybridized carbons (Fsp3) is 0.647. The van der Waals surface area contributed by atoms with E-state index in [-0.39, 0.29) is 0 Å². The minimum atomic E-state index is 0.627. The molecule has 2 N–H and O–H groups in total. The average Bonchev–Trinajstić information content (AvgIpc) is 2.53. The van der Waals surface area contributed by atoms with Crippen LogP contribution in [0.5, 0.6) is 5.75 Å². The Kier molecular flexibility index (Phi) is 6.81. The quantitative estimate of drug-likeness (QED) is 0.837. The first kappa shape index (κ1) is 16.6. The van der Waals surface area contributed by atoms with Gasteiger partial charge in [0.15, 0.2) is 0 Å². The monoisotopic (exact) mass is 310 g/mol. The number of halogens is 1. The third kappa shape index (κ3) is 4.87. The van der Waals surface area contributed by atoms with Crippen LogP contribution in [0.25, 0.3) is 0 Å². The van der Waals surface area contributed by atoms with E-state index < -0.39 is 0 Å². The summed E-state index contributed by atoms with van der Waals surface area (Å²) in [7, 11) is 0. The number of ether oxygens (including phenoxy) is 1. The summed E-state index contributed by atoms with van der Waals surface area (Å²) in [5, 5.41) is 0.741. The average molecular weight is 311 g/mol. The summed E-state index contributed by atoms with van der Waals surface area (Å²) in [6, 6.07) is 8.19. The molecule has 0 bridgehead atoms. The number of benzene rings is 1. The van der Waals surface area contributed by atoms with Crippen LogP contribution in [-0.4, -0.2) is 37.2 Å². The van der Waals surface area contributed by atoms with E-state index in [1.54, 1.807) is 0 Å². The van der Waals surface area contributed by atoms with Gasteiger partial charge in [0.25, 0.3) is 0 Å². The Morgan fingerprint density at radius 1 is 1.24 bits per heavy atom. The predicted molar refractivity (Wildman–Crippen MR) is 89.0 cm³/mol. The van der Waals surface area contributed by atoms with Gasteiger partial charge in [0.1, 0.15) is 12.4 Å².